The molecular weight excluding hydrogens is 224 g/mol. The summed E-state index contributed by atoms with van der Waals surface area (Å²) in [5.41, 5.74) is 0. The fourth-order valence-corrected chi connectivity index (χ4v) is 6.99. The first-order valence-electron chi connectivity index (χ1n) is 8.07. The van der Waals surface area contributed by atoms with Gasteiger partial charge in [-0.05, 0) is 85.9 Å². The van der Waals surface area contributed by atoms with Crippen molar-refractivity contribution >= 4 is 0 Å². The summed E-state index contributed by atoms with van der Waals surface area (Å²) in [6.45, 7) is 0.697. The van der Waals surface area contributed by atoms with E-state index in [1.54, 1.807) is 0 Å². The van der Waals surface area contributed by atoms with Gasteiger partial charge in [0.05, 0.1) is 0 Å². The smallest absolute Gasteiger partial charge is 0.0433 e. The number of hydrogen-bond acceptors (Lipinski definition) is 2. The van der Waals surface area contributed by atoms with E-state index in [4.69, 9.17) is 0 Å². The van der Waals surface area contributed by atoms with E-state index in [1.165, 1.54) is 25.7 Å². The molecule has 0 spiro atoms. The monoisotopic (exact) mass is 250 g/mol. The molecule has 18 heavy (non-hydrogen) atoms. The second-order valence-corrected chi connectivity index (χ2v) is 7.40. The fraction of sp³-hybridized carbons (Fsp3) is 1.00. The average molecular weight is 250 g/mol. The summed E-state index contributed by atoms with van der Waals surface area (Å²) in [6, 6.07) is 0. The molecule has 0 aromatic rings. The summed E-state index contributed by atoms with van der Waals surface area (Å²) in [5.74, 6) is 7.36. The van der Waals surface area contributed by atoms with Crippen LogP contribution in [0.3, 0.4) is 0 Å². The van der Waals surface area contributed by atoms with Crippen LogP contribution in [0.2, 0.25) is 0 Å². The standard InChI is InChI=1S/C16H26O2/c17-5-3-11-12(4-6-18)14-8-13(11)15-9-1-2-10(7-9)16(14)15/h9-18H,1-8H2. The molecule has 0 aromatic carbocycles. The van der Waals surface area contributed by atoms with Gasteiger partial charge in [-0.2, -0.15) is 0 Å². The second kappa shape index (κ2) is 4.21. The predicted molar refractivity (Wildman–Crippen MR) is 69.8 cm³/mol. The van der Waals surface area contributed by atoms with Crippen LogP contribution in [0.15, 0.2) is 0 Å². The van der Waals surface area contributed by atoms with Crippen molar-refractivity contribution in [2.24, 2.45) is 47.3 Å². The van der Waals surface area contributed by atoms with E-state index in [1.807, 2.05) is 0 Å². The zero-order valence-corrected chi connectivity index (χ0v) is 11.2. The van der Waals surface area contributed by atoms with Gasteiger partial charge in [-0.25, -0.2) is 0 Å². The van der Waals surface area contributed by atoms with Crippen molar-refractivity contribution in [1.29, 1.82) is 0 Å². The highest BCUT2D eigenvalue weighted by molar-refractivity contribution is 5.13. The van der Waals surface area contributed by atoms with Crippen molar-refractivity contribution in [2.45, 2.75) is 38.5 Å². The van der Waals surface area contributed by atoms with Crippen molar-refractivity contribution in [1.82, 2.24) is 0 Å². The largest absolute Gasteiger partial charge is 0.396 e. The van der Waals surface area contributed by atoms with E-state index in [9.17, 15) is 10.2 Å². The lowest BCUT2D eigenvalue weighted by atomic mass is 9.62. The third-order valence-corrected chi connectivity index (χ3v) is 7.15. The van der Waals surface area contributed by atoms with Crippen LogP contribution in [0.4, 0.5) is 0 Å². The maximum Gasteiger partial charge on any atom is 0.0433 e. The maximum atomic E-state index is 9.35. The van der Waals surface area contributed by atoms with Gasteiger partial charge < -0.3 is 10.2 Å². The molecule has 2 heteroatoms. The summed E-state index contributed by atoms with van der Waals surface area (Å²) >= 11 is 0. The minimum atomic E-state index is 0.349. The molecule has 4 fully saturated rings. The zero-order chi connectivity index (χ0) is 12.3. The molecule has 4 bridgehead atoms. The Morgan fingerprint density at radius 3 is 1.67 bits per heavy atom. The summed E-state index contributed by atoms with van der Waals surface area (Å²) in [5, 5.41) is 18.7. The molecule has 0 amide bonds. The SMILES string of the molecule is OCCC1C(CCO)C2CC1C1C3CCC(C3)C21. The average Bonchev–Trinajstić information content (AvgIpc) is 3.07. The van der Waals surface area contributed by atoms with E-state index in [2.05, 4.69) is 0 Å². The zero-order valence-electron chi connectivity index (χ0n) is 11.2. The molecule has 0 aromatic heterocycles. The molecular formula is C16H26O2. The molecule has 0 saturated heterocycles. The van der Waals surface area contributed by atoms with Crippen molar-refractivity contribution in [3.8, 4) is 0 Å². The topological polar surface area (TPSA) is 40.5 Å². The lowest BCUT2D eigenvalue weighted by Gasteiger charge is -2.43. The molecule has 4 aliphatic rings. The molecule has 0 aliphatic heterocycles. The van der Waals surface area contributed by atoms with Crippen molar-refractivity contribution in [3.05, 3.63) is 0 Å². The summed E-state index contributed by atoms with van der Waals surface area (Å²) in [6.07, 6.45) is 7.91. The quantitative estimate of drug-likeness (QED) is 0.752. The maximum absolute atomic E-state index is 9.35. The van der Waals surface area contributed by atoms with Gasteiger partial charge in [0.2, 0.25) is 0 Å². The van der Waals surface area contributed by atoms with E-state index in [-0.39, 0.29) is 0 Å². The Morgan fingerprint density at radius 1 is 0.722 bits per heavy atom. The Bertz CT molecular complexity index is 299. The van der Waals surface area contributed by atoms with Gasteiger partial charge in [0.15, 0.2) is 0 Å². The number of aliphatic hydroxyl groups is 2. The normalized spacial score (nSPS) is 56.3. The summed E-state index contributed by atoms with van der Waals surface area (Å²) in [4.78, 5) is 0. The van der Waals surface area contributed by atoms with E-state index in [0.29, 0.717) is 13.2 Å². The molecule has 8 atom stereocenters. The minimum Gasteiger partial charge on any atom is -0.396 e. The molecule has 2 nitrogen and oxygen atoms in total. The summed E-state index contributed by atoms with van der Waals surface area (Å²) < 4.78 is 0. The van der Waals surface area contributed by atoms with Gasteiger partial charge in [0, 0.05) is 13.2 Å². The second-order valence-electron chi connectivity index (χ2n) is 7.40. The molecule has 2 N–H and O–H groups in total. The lowest BCUT2D eigenvalue weighted by molar-refractivity contribution is 0.0319. The Balaban J connectivity index is 1.61. The van der Waals surface area contributed by atoms with Crippen molar-refractivity contribution < 1.29 is 10.2 Å². The Morgan fingerprint density at radius 2 is 1.22 bits per heavy atom. The lowest BCUT2D eigenvalue weighted by Crippen LogP contribution is -2.38. The van der Waals surface area contributed by atoms with Crippen molar-refractivity contribution in [2.75, 3.05) is 13.2 Å². The molecule has 8 unspecified atom stereocenters. The Labute approximate surface area is 110 Å². The third kappa shape index (κ3) is 1.37. The molecule has 4 saturated carbocycles. The van der Waals surface area contributed by atoms with E-state index < -0.39 is 0 Å². The van der Waals surface area contributed by atoms with Crippen LogP contribution in [0.25, 0.3) is 0 Å². The van der Waals surface area contributed by atoms with Gasteiger partial charge in [0.1, 0.15) is 0 Å². The van der Waals surface area contributed by atoms with Gasteiger partial charge in [0.25, 0.3) is 0 Å². The first kappa shape index (κ1) is 11.7. The van der Waals surface area contributed by atoms with E-state index in [0.717, 1.165) is 60.2 Å². The summed E-state index contributed by atoms with van der Waals surface area (Å²) in [7, 11) is 0. The van der Waals surface area contributed by atoms with Crippen LogP contribution in [-0.2, 0) is 0 Å². The van der Waals surface area contributed by atoms with Crippen LogP contribution < -0.4 is 0 Å². The molecule has 4 aliphatic carbocycles. The van der Waals surface area contributed by atoms with Crippen LogP contribution in [0.5, 0.6) is 0 Å². The molecule has 0 heterocycles. The predicted octanol–water partition coefficient (Wildman–Crippen LogP) is 2.30. The van der Waals surface area contributed by atoms with Gasteiger partial charge in [-0.1, -0.05) is 0 Å². The van der Waals surface area contributed by atoms with Crippen LogP contribution in [-0.4, -0.2) is 23.4 Å². The fourth-order valence-electron chi connectivity index (χ4n) is 6.99. The van der Waals surface area contributed by atoms with Crippen LogP contribution in [0.1, 0.15) is 38.5 Å². The molecule has 102 valence electrons. The molecule has 4 rings (SSSR count). The van der Waals surface area contributed by atoms with Crippen LogP contribution in [0, 0.1) is 47.3 Å². The third-order valence-electron chi connectivity index (χ3n) is 7.15. The highest BCUT2D eigenvalue weighted by atomic mass is 16.3. The minimum absolute atomic E-state index is 0.349. The highest BCUT2D eigenvalue weighted by Gasteiger charge is 2.64. The van der Waals surface area contributed by atoms with Gasteiger partial charge in [-0.3, -0.25) is 0 Å². The Hall–Kier alpha value is -0.0800. The first-order chi connectivity index (χ1) is 8.85. The number of hydrogen-bond donors (Lipinski definition) is 2. The van der Waals surface area contributed by atoms with Gasteiger partial charge in [-0.15, -0.1) is 0 Å². The number of fused-ring (bicyclic) bond motifs is 9. The number of rotatable bonds is 4. The van der Waals surface area contributed by atoms with Crippen LogP contribution >= 0.6 is 0 Å². The Kier molecular flexibility index (Phi) is 2.74. The highest BCUT2D eigenvalue weighted by Crippen LogP contribution is 2.71. The molecule has 0 radical (unpaired) electrons. The van der Waals surface area contributed by atoms with E-state index >= 15 is 0 Å². The van der Waals surface area contributed by atoms with Crippen molar-refractivity contribution in [3.63, 3.8) is 0 Å². The number of aliphatic hydroxyl groups excluding tert-OH is 2. The first-order valence-corrected chi connectivity index (χ1v) is 8.07. The van der Waals surface area contributed by atoms with Gasteiger partial charge >= 0.3 is 0 Å².